The Balaban J connectivity index is 1.66. The fourth-order valence-electron chi connectivity index (χ4n) is 4.52. The number of benzene rings is 4. The maximum absolute atomic E-state index is 13.6. The molecule has 5 nitrogen and oxygen atoms in total. The number of carbonyl (C=O) groups is 1. The van der Waals surface area contributed by atoms with Crippen molar-refractivity contribution in [2.45, 2.75) is 12.0 Å². The lowest BCUT2D eigenvalue weighted by Crippen LogP contribution is -2.42. The van der Waals surface area contributed by atoms with Crippen molar-refractivity contribution in [1.29, 1.82) is 0 Å². The summed E-state index contributed by atoms with van der Waals surface area (Å²) in [6, 6.07) is 32.7. The lowest BCUT2D eigenvalue weighted by molar-refractivity contribution is 0.0936. The zero-order valence-corrected chi connectivity index (χ0v) is 17.2. The highest BCUT2D eigenvalue weighted by atomic mass is 16.5. The summed E-state index contributed by atoms with van der Waals surface area (Å²) in [4.78, 5) is 15.3. The third kappa shape index (κ3) is 2.75. The van der Waals surface area contributed by atoms with Crippen molar-refractivity contribution in [2.24, 2.45) is 0 Å². The maximum Gasteiger partial charge on any atom is 0.166 e. The van der Waals surface area contributed by atoms with E-state index in [1.165, 1.54) is 0 Å². The molecular formula is C27H19N3O2. The van der Waals surface area contributed by atoms with Crippen LogP contribution < -0.4 is 4.74 Å². The zero-order valence-electron chi connectivity index (χ0n) is 17.2. The number of ether oxygens (including phenoxy) is 1. The molecule has 1 aliphatic heterocycles. The summed E-state index contributed by atoms with van der Waals surface area (Å²) in [6.45, 7) is 0. The largest absolute Gasteiger partial charge is 0.457 e. The van der Waals surface area contributed by atoms with Gasteiger partial charge in [0.15, 0.2) is 5.78 Å². The van der Waals surface area contributed by atoms with Crippen LogP contribution in [0, 0.1) is 0 Å². The monoisotopic (exact) mass is 417 g/mol. The summed E-state index contributed by atoms with van der Waals surface area (Å²) in [6.07, 6.45) is 0.162. The van der Waals surface area contributed by atoms with Crippen LogP contribution in [-0.4, -0.2) is 20.8 Å². The fraction of sp³-hybridized carbons (Fsp3) is 0.0741. The number of fused-ring (bicyclic) bond motifs is 3. The molecule has 1 aromatic heterocycles. The van der Waals surface area contributed by atoms with Crippen LogP contribution in [0.25, 0.3) is 11.0 Å². The van der Waals surface area contributed by atoms with Crippen molar-refractivity contribution < 1.29 is 9.53 Å². The average Bonchev–Trinajstić information content (AvgIpc) is 3.29. The molecule has 32 heavy (non-hydrogen) atoms. The van der Waals surface area contributed by atoms with Crippen LogP contribution in [0.2, 0.25) is 0 Å². The number of hydrogen-bond acceptors (Lipinski definition) is 4. The van der Waals surface area contributed by atoms with Crippen molar-refractivity contribution in [3.05, 3.63) is 120 Å². The predicted octanol–water partition coefficient (Wildman–Crippen LogP) is 5.60. The van der Waals surface area contributed by atoms with Crippen molar-refractivity contribution in [1.82, 2.24) is 15.0 Å². The molecule has 0 unspecified atom stereocenters. The van der Waals surface area contributed by atoms with Crippen molar-refractivity contribution >= 4 is 16.8 Å². The second-order valence-electron chi connectivity index (χ2n) is 7.90. The average molecular weight is 417 g/mol. The molecule has 0 bridgehead atoms. The summed E-state index contributed by atoms with van der Waals surface area (Å²) in [5.74, 6) is 1.42. The van der Waals surface area contributed by atoms with Gasteiger partial charge in [0.25, 0.3) is 0 Å². The molecule has 0 N–H and O–H groups in total. The Morgan fingerprint density at radius 1 is 0.688 bits per heavy atom. The van der Waals surface area contributed by atoms with E-state index >= 15 is 0 Å². The van der Waals surface area contributed by atoms with Gasteiger partial charge in [-0.3, -0.25) is 4.79 Å². The van der Waals surface area contributed by atoms with Crippen LogP contribution in [-0.2, 0) is 5.54 Å². The van der Waals surface area contributed by atoms with E-state index in [9.17, 15) is 4.79 Å². The summed E-state index contributed by atoms with van der Waals surface area (Å²) in [7, 11) is 0. The van der Waals surface area contributed by atoms with Gasteiger partial charge >= 0.3 is 0 Å². The van der Waals surface area contributed by atoms with Gasteiger partial charge in [0.05, 0.1) is 0 Å². The van der Waals surface area contributed by atoms with Crippen LogP contribution >= 0.6 is 0 Å². The van der Waals surface area contributed by atoms with Gasteiger partial charge in [-0.25, -0.2) is 0 Å². The van der Waals surface area contributed by atoms with Gasteiger partial charge in [-0.15, -0.1) is 0 Å². The number of carbonyl (C=O) groups excluding carboxylic acids is 1. The Hall–Kier alpha value is -4.25. The van der Waals surface area contributed by atoms with Gasteiger partial charge in [-0.05, 0) is 24.3 Å². The van der Waals surface area contributed by atoms with E-state index in [0.29, 0.717) is 17.1 Å². The standard InChI is InChI=1S/C27H19N3O2/c31-24(19-10-2-1-3-11-19)18-27(30-28-22-14-6-7-15-23(22)29-30)20-12-4-8-16-25(20)32-26-17-9-5-13-21(26)27/h1-17H,18H2. The molecule has 0 atom stereocenters. The highest BCUT2D eigenvalue weighted by Gasteiger charge is 2.47. The zero-order chi connectivity index (χ0) is 21.5. The molecule has 5 heteroatoms. The third-order valence-corrected chi connectivity index (χ3v) is 6.03. The molecule has 0 saturated carbocycles. The first-order valence-corrected chi connectivity index (χ1v) is 10.5. The lowest BCUT2D eigenvalue weighted by atomic mass is 9.76. The van der Waals surface area contributed by atoms with Crippen LogP contribution in [0.1, 0.15) is 27.9 Å². The second kappa shape index (κ2) is 7.17. The summed E-state index contributed by atoms with van der Waals surface area (Å²) in [5, 5.41) is 9.70. The predicted molar refractivity (Wildman–Crippen MR) is 122 cm³/mol. The van der Waals surface area contributed by atoms with Crippen LogP contribution in [0.15, 0.2) is 103 Å². The summed E-state index contributed by atoms with van der Waals surface area (Å²) < 4.78 is 6.24. The highest BCUT2D eigenvalue weighted by Crippen LogP contribution is 2.50. The molecule has 0 fully saturated rings. The quantitative estimate of drug-likeness (QED) is 0.357. The molecule has 154 valence electrons. The highest BCUT2D eigenvalue weighted by molar-refractivity contribution is 5.97. The Bertz CT molecular complexity index is 1380. The van der Waals surface area contributed by atoms with Crippen LogP contribution in [0.4, 0.5) is 0 Å². The summed E-state index contributed by atoms with van der Waals surface area (Å²) in [5.41, 5.74) is 3.00. The molecular weight excluding hydrogens is 398 g/mol. The van der Waals surface area contributed by atoms with Gasteiger partial charge in [0.2, 0.25) is 0 Å². The Kier molecular flexibility index (Phi) is 4.15. The van der Waals surface area contributed by atoms with E-state index in [-0.39, 0.29) is 12.2 Å². The molecule has 0 radical (unpaired) electrons. The normalized spacial score (nSPS) is 13.8. The Morgan fingerprint density at radius 3 is 1.78 bits per heavy atom. The second-order valence-corrected chi connectivity index (χ2v) is 7.90. The number of aromatic nitrogens is 3. The van der Waals surface area contributed by atoms with E-state index in [2.05, 4.69) is 0 Å². The van der Waals surface area contributed by atoms with Crippen LogP contribution in [0.3, 0.4) is 0 Å². The van der Waals surface area contributed by atoms with E-state index < -0.39 is 5.54 Å². The number of rotatable bonds is 4. The van der Waals surface area contributed by atoms with Gasteiger partial charge in [0, 0.05) is 23.1 Å². The fourth-order valence-corrected chi connectivity index (χ4v) is 4.52. The molecule has 1 aliphatic rings. The van der Waals surface area contributed by atoms with Gasteiger partial charge < -0.3 is 4.74 Å². The SMILES string of the molecule is O=C(CC1(n2nc3ccccc3n2)c2ccccc2Oc2ccccc21)c1ccccc1. The molecule has 2 heterocycles. The topological polar surface area (TPSA) is 57.0 Å². The van der Waals surface area contributed by atoms with E-state index in [1.807, 2.05) is 103 Å². The van der Waals surface area contributed by atoms with Gasteiger partial charge in [-0.2, -0.15) is 15.0 Å². The lowest BCUT2D eigenvalue weighted by Gasteiger charge is -2.39. The summed E-state index contributed by atoms with van der Waals surface area (Å²) >= 11 is 0. The van der Waals surface area contributed by atoms with Crippen LogP contribution in [0.5, 0.6) is 11.5 Å². The Labute approximate surface area is 184 Å². The molecule has 0 spiro atoms. The molecule has 0 saturated heterocycles. The number of nitrogens with zero attached hydrogens (tertiary/aromatic N) is 3. The first kappa shape index (κ1) is 18.5. The number of ketones is 1. The van der Waals surface area contributed by atoms with Gasteiger partial charge in [-0.1, -0.05) is 78.9 Å². The smallest absolute Gasteiger partial charge is 0.166 e. The van der Waals surface area contributed by atoms with Crippen molar-refractivity contribution in [3.8, 4) is 11.5 Å². The molecule has 0 aliphatic carbocycles. The maximum atomic E-state index is 13.6. The molecule has 6 rings (SSSR count). The Morgan fingerprint density at radius 2 is 1.19 bits per heavy atom. The minimum Gasteiger partial charge on any atom is -0.457 e. The first-order chi connectivity index (χ1) is 15.8. The third-order valence-electron chi connectivity index (χ3n) is 6.03. The first-order valence-electron chi connectivity index (χ1n) is 10.5. The minimum absolute atomic E-state index is 0.0125. The van der Waals surface area contributed by atoms with E-state index in [0.717, 1.165) is 22.2 Å². The van der Waals surface area contributed by atoms with Gasteiger partial charge in [0.1, 0.15) is 28.1 Å². The van der Waals surface area contributed by atoms with E-state index in [1.54, 1.807) is 4.80 Å². The van der Waals surface area contributed by atoms with Crippen molar-refractivity contribution in [2.75, 3.05) is 0 Å². The number of para-hydroxylation sites is 2. The van der Waals surface area contributed by atoms with Crippen molar-refractivity contribution in [3.63, 3.8) is 0 Å². The minimum atomic E-state index is -0.947. The number of hydrogen-bond donors (Lipinski definition) is 0. The molecule has 5 aromatic rings. The molecule has 4 aromatic carbocycles. The molecule has 0 amide bonds. The van der Waals surface area contributed by atoms with E-state index in [4.69, 9.17) is 14.9 Å². The number of Topliss-reactive ketones (excluding diaryl/α,β-unsaturated/α-hetero) is 1.